The van der Waals surface area contributed by atoms with Crippen molar-refractivity contribution in [1.29, 1.82) is 0 Å². The van der Waals surface area contributed by atoms with E-state index in [0.29, 0.717) is 6.54 Å². The minimum Gasteiger partial charge on any atom is -0.388 e. The third-order valence-electron chi connectivity index (χ3n) is 3.68. The van der Waals surface area contributed by atoms with Gasteiger partial charge in [-0.25, -0.2) is 4.39 Å². The molecule has 1 aliphatic heterocycles. The van der Waals surface area contributed by atoms with Gasteiger partial charge < -0.3 is 15.3 Å². The molecule has 2 unspecified atom stereocenters. The van der Waals surface area contributed by atoms with Crippen molar-refractivity contribution in [2.45, 2.75) is 31.9 Å². The van der Waals surface area contributed by atoms with E-state index < -0.39 is 5.60 Å². The molecular weight excluding hydrogens is 231 g/mol. The lowest BCUT2D eigenvalue weighted by Gasteiger charge is -2.25. The van der Waals surface area contributed by atoms with Gasteiger partial charge in [0, 0.05) is 24.8 Å². The van der Waals surface area contributed by atoms with Crippen LogP contribution < -0.4 is 10.2 Å². The summed E-state index contributed by atoms with van der Waals surface area (Å²) in [6.45, 7) is 5.26. The van der Waals surface area contributed by atoms with Crippen LogP contribution in [0.15, 0.2) is 18.2 Å². The number of benzene rings is 1. The van der Waals surface area contributed by atoms with Gasteiger partial charge in [-0.3, -0.25) is 0 Å². The lowest BCUT2D eigenvalue weighted by molar-refractivity contribution is 0.0839. The van der Waals surface area contributed by atoms with Crippen LogP contribution in [0.4, 0.5) is 10.1 Å². The summed E-state index contributed by atoms with van der Waals surface area (Å²) < 4.78 is 13.4. The fraction of sp³-hybridized carbons (Fsp3) is 0.571. The first-order valence-electron chi connectivity index (χ1n) is 6.37. The molecule has 0 saturated carbocycles. The zero-order valence-electron chi connectivity index (χ0n) is 11.2. The molecular formula is C14H21FN2O. The zero-order chi connectivity index (χ0) is 13.3. The summed E-state index contributed by atoms with van der Waals surface area (Å²) in [7, 11) is 1.86. The molecule has 1 aromatic rings. The van der Waals surface area contributed by atoms with Gasteiger partial charge >= 0.3 is 0 Å². The van der Waals surface area contributed by atoms with Crippen molar-refractivity contribution in [3.63, 3.8) is 0 Å². The minimum absolute atomic E-state index is 0.0845. The van der Waals surface area contributed by atoms with Crippen molar-refractivity contribution in [1.82, 2.24) is 5.32 Å². The largest absolute Gasteiger partial charge is 0.388 e. The molecule has 1 saturated heterocycles. The third kappa shape index (κ3) is 2.65. The maximum Gasteiger partial charge on any atom is 0.123 e. The monoisotopic (exact) mass is 252 g/mol. The summed E-state index contributed by atoms with van der Waals surface area (Å²) in [4.78, 5) is 2.13. The van der Waals surface area contributed by atoms with Gasteiger partial charge in [0.25, 0.3) is 0 Å². The Balaban J connectivity index is 2.33. The number of aliphatic hydroxyl groups is 1. The van der Waals surface area contributed by atoms with E-state index in [1.54, 1.807) is 12.1 Å². The van der Waals surface area contributed by atoms with Gasteiger partial charge in [0.1, 0.15) is 5.82 Å². The van der Waals surface area contributed by atoms with Crippen LogP contribution in [-0.4, -0.2) is 30.8 Å². The van der Waals surface area contributed by atoms with E-state index in [9.17, 15) is 9.50 Å². The lowest BCUT2D eigenvalue weighted by atomic mass is 10.0. The van der Waals surface area contributed by atoms with Gasteiger partial charge in [-0.1, -0.05) is 0 Å². The second kappa shape index (κ2) is 4.86. The van der Waals surface area contributed by atoms with Crippen LogP contribution in [0.5, 0.6) is 0 Å². The van der Waals surface area contributed by atoms with Gasteiger partial charge in [-0.15, -0.1) is 0 Å². The van der Waals surface area contributed by atoms with Crippen molar-refractivity contribution >= 4 is 5.69 Å². The van der Waals surface area contributed by atoms with Crippen molar-refractivity contribution in [2.24, 2.45) is 0 Å². The Kier molecular flexibility index (Phi) is 3.59. The number of nitrogens with zero attached hydrogens (tertiary/aromatic N) is 1. The number of hydrogen-bond donors (Lipinski definition) is 2. The first-order chi connectivity index (χ1) is 8.43. The second-order valence-electron chi connectivity index (χ2n) is 5.38. The van der Waals surface area contributed by atoms with Crippen molar-refractivity contribution in [3.05, 3.63) is 29.6 Å². The van der Waals surface area contributed by atoms with Crippen LogP contribution in [0.3, 0.4) is 0 Å². The highest BCUT2D eigenvalue weighted by molar-refractivity contribution is 5.56. The van der Waals surface area contributed by atoms with Crippen LogP contribution in [0, 0.1) is 5.82 Å². The molecule has 3 nitrogen and oxygen atoms in total. The Morgan fingerprint density at radius 3 is 2.78 bits per heavy atom. The quantitative estimate of drug-likeness (QED) is 0.864. The minimum atomic E-state index is -0.644. The predicted molar refractivity (Wildman–Crippen MR) is 71.3 cm³/mol. The Hall–Kier alpha value is -1.13. The van der Waals surface area contributed by atoms with Crippen LogP contribution in [0.1, 0.15) is 31.9 Å². The molecule has 2 atom stereocenters. The number of halogens is 1. The van der Waals surface area contributed by atoms with E-state index >= 15 is 0 Å². The van der Waals surface area contributed by atoms with Gasteiger partial charge in [-0.05, 0) is 51.1 Å². The van der Waals surface area contributed by atoms with Crippen LogP contribution >= 0.6 is 0 Å². The number of hydrogen-bond acceptors (Lipinski definition) is 3. The standard InChI is InChI=1S/C14H21FN2O/c1-10(16-3)12-8-11(15)4-5-13(12)17-7-6-14(2,18)9-17/h4-5,8,10,16,18H,6-7,9H2,1-3H3. The Morgan fingerprint density at radius 1 is 1.50 bits per heavy atom. The molecule has 1 aliphatic rings. The highest BCUT2D eigenvalue weighted by Crippen LogP contribution is 2.32. The second-order valence-corrected chi connectivity index (χ2v) is 5.38. The highest BCUT2D eigenvalue weighted by atomic mass is 19.1. The van der Waals surface area contributed by atoms with Crippen molar-refractivity contribution in [3.8, 4) is 0 Å². The molecule has 1 fully saturated rings. The summed E-state index contributed by atoms with van der Waals surface area (Å²) >= 11 is 0. The van der Waals surface area contributed by atoms with E-state index in [1.165, 1.54) is 6.07 Å². The van der Waals surface area contributed by atoms with Crippen molar-refractivity contribution < 1.29 is 9.50 Å². The molecule has 1 heterocycles. The topological polar surface area (TPSA) is 35.5 Å². The number of anilines is 1. The molecule has 0 amide bonds. The molecule has 1 aromatic carbocycles. The van der Waals surface area contributed by atoms with E-state index in [-0.39, 0.29) is 11.9 Å². The fourth-order valence-electron chi connectivity index (χ4n) is 2.47. The SMILES string of the molecule is CNC(C)c1cc(F)ccc1N1CCC(C)(O)C1. The summed E-state index contributed by atoms with van der Waals surface area (Å²) in [5, 5.41) is 13.2. The van der Waals surface area contributed by atoms with Gasteiger partial charge in [0.05, 0.1) is 5.60 Å². The van der Waals surface area contributed by atoms with Crippen molar-refractivity contribution in [2.75, 3.05) is 25.0 Å². The molecule has 0 aromatic heterocycles. The van der Waals surface area contributed by atoms with E-state index in [2.05, 4.69) is 10.2 Å². The highest BCUT2D eigenvalue weighted by Gasteiger charge is 2.32. The molecule has 0 radical (unpaired) electrons. The summed E-state index contributed by atoms with van der Waals surface area (Å²) in [6, 6.07) is 4.94. The molecule has 0 aliphatic carbocycles. The van der Waals surface area contributed by atoms with Gasteiger partial charge in [0.15, 0.2) is 0 Å². The van der Waals surface area contributed by atoms with E-state index in [4.69, 9.17) is 0 Å². The van der Waals surface area contributed by atoms with E-state index in [0.717, 1.165) is 24.2 Å². The number of nitrogens with one attached hydrogen (secondary N) is 1. The first-order valence-corrected chi connectivity index (χ1v) is 6.37. The lowest BCUT2D eigenvalue weighted by Crippen LogP contribution is -2.30. The molecule has 0 bridgehead atoms. The fourth-order valence-corrected chi connectivity index (χ4v) is 2.47. The predicted octanol–water partition coefficient (Wildman–Crippen LogP) is 2.07. The molecule has 2 rings (SSSR count). The third-order valence-corrected chi connectivity index (χ3v) is 3.68. The first kappa shape index (κ1) is 13.3. The van der Waals surface area contributed by atoms with Crippen LogP contribution in [-0.2, 0) is 0 Å². The van der Waals surface area contributed by atoms with Gasteiger partial charge in [0.2, 0.25) is 0 Å². The van der Waals surface area contributed by atoms with E-state index in [1.807, 2.05) is 20.9 Å². The Bertz CT molecular complexity index is 434. The molecule has 2 N–H and O–H groups in total. The molecule has 18 heavy (non-hydrogen) atoms. The number of rotatable bonds is 3. The normalized spacial score (nSPS) is 25.5. The summed E-state index contributed by atoms with van der Waals surface area (Å²) in [5.74, 6) is -0.221. The smallest absolute Gasteiger partial charge is 0.123 e. The average molecular weight is 252 g/mol. The molecule has 4 heteroatoms. The Labute approximate surface area is 108 Å². The Morgan fingerprint density at radius 2 is 2.22 bits per heavy atom. The maximum absolute atomic E-state index is 13.4. The summed E-state index contributed by atoms with van der Waals surface area (Å²) in [5.41, 5.74) is 1.31. The van der Waals surface area contributed by atoms with Crippen LogP contribution in [0.2, 0.25) is 0 Å². The number of β-amino-alcohol motifs (C(OH)–C–C–N with tert-alkyl or cyclic N) is 1. The molecule has 100 valence electrons. The maximum atomic E-state index is 13.4. The summed E-state index contributed by atoms with van der Waals surface area (Å²) in [6.07, 6.45) is 0.748. The van der Waals surface area contributed by atoms with Gasteiger partial charge in [-0.2, -0.15) is 0 Å². The average Bonchev–Trinajstić information content (AvgIpc) is 2.68. The van der Waals surface area contributed by atoms with Crippen LogP contribution in [0.25, 0.3) is 0 Å². The zero-order valence-corrected chi connectivity index (χ0v) is 11.2. The molecule has 0 spiro atoms.